The molecule has 1 rings (SSSR count). The molecule has 4 N–H and O–H groups in total. The number of carbonyl (C=O) groups excluding carboxylic acids is 4. The number of amides is 4. The van der Waals surface area contributed by atoms with Crippen LogP contribution in [0.1, 0.15) is 33.1 Å². The van der Waals surface area contributed by atoms with Crippen molar-refractivity contribution in [2.45, 2.75) is 45.2 Å². The van der Waals surface area contributed by atoms with Crippen molar-refractivity contribution in [3.63, 3.8) is 0 Å². The van der Waals surface area contributed by atoms with E-state index in [4.69, 9.17) is 0 Å². The Hall–Kier alpha value is -2.12. The number of hydrogen-bond donors (Lipinski definition) is 4. The topological polar surface area (TPSA) is 116 Å². The Morgan fingerprint density at radius 1 is 0.905 bits per heavy atom. The summed E-state index contributed by atoms with van der Waals surface area (Å²) in [5.41, 5.74) is 0. The lowest BCUT2D eigenvalue weighted by molar-refractivity contribution is -0.131. The van der Waals surface area contributed by atoms with Gasteiger partial charge < -0.3 is 21.3 Å². The summed E-state index contributed by atoms with van der Waals surface area (Å²) >= 11 is 0. The molecule has 0 aromatic heterocycles. The predicted octanol–water partition coefficient (Wildman–Crippen LogP) is -1.59. The van der Waals surface area contributed by atoms with Gasteiger partial charge in [-0.2, -0.15) is 0 Å². The van der Waals surface area contributed by atoms with Gasteiger partial charge in [0.1, 0.15) is 12.1 Å². The number of nitrogens with one attached hydrogen (secondary N) is 4. The van der Waals surface area contributed by atoms with Gasteiger partial charge in [0, 0.05) is 25.9 Å². The summed E-state index contributed by atoms with van der Waals surface area (Å²) in [6, 6.07) is -1.30. The molecule has 1 saturated heterocycles. The zero-order valence-corrected chi connectivity index (χ0v) is 12.3. The molecule has 0 bridgehead atoms. The smallest absolute Gasteiger partial charge is 0.242 e. The fourth-order valence-corrected chi connectivity index (χ4v) is 1.87. The first-order valence-corrected chi connectivity index (χ1v) is 7.08. The molecule has 1 aliphatic heterocycles. The largest absolute Gasteiger partial charge is 0.354 e. The zero-order valence-electron chi connectivity index (χ0n) is 12.3. The Bertz CT molecular complexity index is 424. The van der Waals surface area contributed by atoms with E-state index in [1.807, 2.05) is 0 Å². The summed E-state index contributed by atoms with van der Waals surface area (Å²) in [4.78, 5) is 46.8. The van der Waals surface area contributed by atoms with E-state index >= 15 is 0 Å². The maximum absolute atomic E-state index is 11.9. The van der Waals surface area contributed by atoms with Gasteiger partial charge in [0.05, 0.1) is 0 Å². The molecule has 1 aliphatic rings. The number of rotatable bonds is 1. The Morgan fingerprint density at radius 3 is 2.00 bits per heavy atom. The van der Waals surface area contributed by atoms with E-state index in [9.17, 15) is 19.2 Å². The fraction of sp³-hybridized carbons (Fsp3) is 0.692. The Labute approximate surface area is 123 Å². The highest BCUT2D eigenvalue weighted by molar-refractivity contribution is 5.90. The molecule has 21 heavy (non-hydrogen) atoms. The molecule has 0 aromatic carbocycles. The Kier molecular flexibility index (Phi) is 6.64. The molecule has 0 aromatic rings. The molecule has 0 radical (unpaired) electrons. The standard InChI is InChI=1S/C13H22N4O4/c1-3-9-13(21)15-7-4-10(18)16-8(2)12(20)14-6-5-11(19)17-9/h8-9H,3-7H2,1-2H3,(H,14,20)(H,15,21)(H,16,18)(H,17,19)/t8-,9-/m0/s1. The number of carbonyl (C=O) groups is 4. The highest BCUT2D eigenvalue weighted by atomic mass is 16.2. The van der Waals surface area contributed by atoms with Crippen molar-refractivity contribution >= 4 is 23.6 Å². The van der Waals surface area contributed by atoms with Gasteiger partial charge >= 0.3 is 0 Å². The molecule has 0 aliphatic carbocycles. The van der Waals surface area contributed by atoms with E-state index in [0.29, 0.717) is 6.42 Å². The first kappa shape index (κ1) is 16.9. The maximum atomic E-state index is 11.9. The molecule has 4 amide bonds. The minimum absolute atomic E-state index is 0.0771. The lowest BCUT2D eigenvalue weighted by Crippen LogP contribution is -2.50. The SMILES string of the molecule is CC[C@@H]1NC(=O)CCNC(=O)[C@H](C)NC(=O)CCNC1=O. The van der Waals surface area contributed by atoms with Gasteiger partial charge in [-0.15, -0.1) is 0 Å². The second-order valence-corrected chi connectivity index (χ2v) is 4.90. The zero-order chi connectivity index (χ0) is 15.8. The van der Waals surface area contributed by atoms with E-state index in [1.165, 1.54) is 0 Å². The molecule has 2 atom stereocenters. The maximum Gasteiger partial charge on any atom is 0.242 e. The van der Waals surface area contributed by atoms with Crippen LogP contribution < -0.4 is 21.3 Å². The predicted molar refractivity (Wildman–Crippen MR) is 75.1 cm³/mol. The third kappa shape index (κ3) is 5.80. The van der Waals surface area contributed by atoms with Crippen LogP contribution in [0, 0.1) is 0 Å². The summed E-state index contributed by atoms with van der Waals surface area (Å²) in [5, 5.41) is 10.3. The van der Waals surface area contributed by atoms with Crippen molar-refractivity contribution in [1.29, 1.82) is 0 Å². The minimum atomic E-state index is -0.678. The highest BCUT2D eigenvalue weighted by Crippen LogP contribution is 1.94. The summed E-state index contributed by atoms with van der Waals surface area (Å²) < 4.78 is 0. The van der Waals surface area contributed by atoms with E-state index < -0.39 is 12.1 Å². The van der Waals surface area contributed by atoms with Crippen LogP contribution in [-0.4, -0.2) is 48.8 Å². The monoisotopic (exact) mass is 298 g/mol. The second kappa shape index (κ2) is 8.23. The van der Waals surface area contributed by atoms with Crippen molar-refractivity contribution in [2.24, 2.45) is 0 Å². The quantitative estimate of drug-likeness (QED) is 0.467. The first-order chi connectivity index (χ1) is 9.93. The summed E-state index contributed by atoms with van der Waals surface area (Å²) in [5.74, 6) is -1.27. The highest BCUT2D eigenvalue weighted by Gasteiger charge is 2.20. The normalized spacial score (nSPS) is 26.0. The summed E-state index contributed by atoms with van der Waals surface area (Å²) in [6.07, 6.45) is 0.608. The van der Waals surface area contributed by atoms with Gasteiger partial charge in [-0.05, 0) is 13.3 Å². The summed E-state index contributed by atoms with van der Waals surface area (Å²) in [6.45, 7) is 3.66. The molecule has 118 valence electrons. The second-order valence-electron chi connectivity index (χ2n) is 4.90. The van der Waals surface area contributed by atoms with Crippen LogP contribution in [0.2, 0.25) is 0 Å². The molecule has 1 heterocycles. The lowest BCUT2D eigenvalue weighted by atomic mass is 10.2. The van der Waals surface area contributed by atoms with Crippen molar-refractivity contribution in [3.8, 4) is 0 Å². The lowest BCUT2D eigenvalue weighted by Gasteiger charge is -2.19. The Morgan fingerprint density at radius 2 is 1.43 bits per heavy atom. The van der Waals surface area contributed by atoms with Gasteiger partial charge in [0.2, 0.25) is 23.6 Å². The molecular weight excluding hydrogens is 276 g/mol. The van der Waals surface area contributed by atoms with E-state index in [2.05, 4.69) is 21.3 Å². The van der Waals surface area contributed by atoms with Crippen LogP contribution in [0.4, 0.5) is 0 Å². The van der Waals surface area contributed by atoms with E-state index in [0.717, 1.165) is 0 Å². The van der Waals surface area contributed by atoms with Crippen LogP contribution in [0.15, 0.2) is 0 Å². The first-order valence-electron chi connectivity index (χ1n) is 7.08. The third-order valence-corrected chi connectivity index (χ3v) is 3.13. The third-order valence-electron chi connectivity index (χ3n) is 3.13. The van der Waals surface area contributed by atoms with Crippen LogP contribution >= 0.6 is 0 Å². The van der Waals surface area contributed by atoms with E-state index in [1.54, 1.807) is 13.8 Å². The number of hydrogen-bond acceptors (Lipinski definition) is 4. The van der Waals surface area contributed by atoms with Gasteiger partial charge in [-0.1, -0.05) is 6.92 Å². The van der Waals surface area contributed by atoms with Crippen LogP contribution in [0.25, 0.3) is 0 Å². The van der Waals surface area contributed by atoms with Crippen molar-refractivity contribution in [3.05, 3.63) is 0 Å². The van der Waals surface area contributed by atoms with Crippen LogP contribution in [0.5, 0.6) is 0 Å². The van der Waals surface area contributed by atoms with Gasteiger partial charge in [-0.3, -0.25) is 19.2 Å². The van der Waals surface area contributed by atoms with Crippen molar-refractivity contribution in [2.75, 3.05) is 13.1 Å². The van der Waals surface area contributed by atoms with E-state index in [-0.39, 0.29) is 49.6 Å². The molecule has 0 saturated carbocycles. The fourth-order valence-electron chi connectivity index (χ4n) is 1.87. The van der Waals surface area contributed by atoms with Crippen molar-refractivity contribution < 1.29 is 19.2 Å². The van der Waals surface area contributed by atoms with Crippen LogP contribution in [-0.2, 0) is 19.2 Å². The van der Waals surface area contributed by atoms with Gasteiger partial charge in [0.15, 0.2) is 0 Å². The Balaban J connectivity index is 2.69. The van der Waals surface area contributed by atoms with Crippen molar-refractivity contribution in [1.82, 2.24) is 21.3 Å². The average Bonchev–Trinajstić information content (AvgIpc) is 2.43. The molecule has 0 unspecified atom stereocenters. The average molecular weight is 298 g/mol. The van der Waals surface area contributed by atoms with Crippen LogP contribution in [0.3, 0.4) is 0 Å². The molecule has 1 fully saturated rings. The molecular formula is C13H22N4O4. The molecule has 0 spiro atoms. The molecule has 8 nitrogen and oxygen atoms in total. The minimum Gasteiger partial charge on any atom is -0.354 e. The molecule has 8 heteroatoms. The van der Waals surface area contributed by atoms with Gasteiger partial charge in [0.25, 0.3) is 0 Å². The summed E-state index contributed by atoms with van der Waals surface area (Å²) in [7, 11) is 0. The van der Waals surface area contributed by atoms with Gasteiger partial charge in [-0.25, -0.2) is 0 Å².